The van der Waals surface area contributed by atoms with E-state index in [1.165, 1.54) is 0 Å². The molecule has 0 fully saturated rings. The fourth-order valence-electron chi connectivity index (χ4n) is 1.97. The lowest BCUT2D eigenvalue weighted by molar-refractivity contribution is 0.0982. The molecule has 0 unspecified atom stereocenters. The number of ether oxygens (including phenoxy) is 2. The number of ketones is 1. The van der Waals surface area contributed by atoms with Crippen LogP contribution in [0.4, 0.5) is 0 Å². The number of hydrogen-bond donors (Lipinski definition) is 0. The van der Waals surface area contributed by atoms with Crippen LogP contribution in [0.1, 0.15) is 22.3 Å². The van der Waals surface area contributed by atoms with E-state index in [-0.39, 0.29) is 5.78 Å². The van der Waals surface area contributed by atoms with Crippen LogP contribution < -0.4 is 9.47 Å². The van der Waals surface area contributed by atoms with Gasteiger partial charge in [0.2, 0.25) is 0 Å². The van der Waals surface area contributed by atoms with Crippen molar-refractivity contribution in [3.8, 4) is 11.5 Å². The molecule has 0 radical (unpaired) electrons. The van der Waals surface area contributed by atoms with E-state index in [0.29, 0.717) is 29.9 Å². The number of aromatic nitrogens is 2. The fourth-order valence-corrected chi connectivity index (χ4v) is 1.97. The smallest absolute Gasteiger partial charge is 0.163 e. The number of benzene rings is 1. The number of methoxy groups -OCH3 is 2. The summed E-state index contributed by atoms with van der Waals surface area (Å²) in [6.45, 7) is 0. The third-order valence-electron chi connectivity index (χ3n) is 3.07. The number of carbonyl (C=O) groups is 1. The molecule has 0 bridgehead atoms. The van der Waals surface area contributed by atoms with Crippen LogP contribution in [0.15, 0.2) is 30.6 Å². The molecule has 0 amide bonds. The van der Waals surface area contributed by atoms with Crippen molar-refractivity contribution in [2.75, 3.05) is 14.2 Å². The molecule has 106 valence electrons. The van der Waals surface area contributed by atoms with Gasteiger partial charge in [0.25, 0.3) is 0 Å². The Labute approximate surface area is 118 Å². The maximum atomic E-state index is 12.2. The van der Waals surface area contributed by atoms with Gasteiger partial charge in [-0.25, -0.2) is 0 Å². The Morgan fingerprint density at radius 1 is 1.20 bits per heavy atom. The normalized spacial score (nSPS) is 10.3. The summed E-state index contributed by atoms with van der Waals surface area (Å²) in [6, 6.07) is 5.21. The largest absolute Gasteiger partial charge is 0.497 e. The van der Waals surface area contributed by atoms with Crippen LogP contribution in [0.25, 0.3) is 0 Å². The number of Topliss-reactive ketones (excluding diaryl/α,β-unsaturated/α-hetero) is 1. The molecule has 0 aliphatic rings. The lowest BCUT2D eigenvalue weighted by atomic mass is 10.0. The summed E-state index contributed by atoms with van der Waals surface area (Å²) in [7, 11) is 5.00. The zero-order chi connectivity index (χ0) is 14.5. The average Bonchev–Trinajstić information content (AvgIpc) is 2.89. The van der Waals surface area contributed by atoms with Gasteiger partial charge in [0.1, 0.15) is 11.5 Å². The van der Waals surface area contributed by atoms with E-state index < -0.39 is 0 Å². The zero-order valence-electron chi connectivity index (χ0n) is 11.9. The molecule has 1 aromatic heterocycles. The molecule has 20 heavy (non-hydrogen) atoms. The van der Waals surface area contributed by atoms with E-state index in [0.717, 1.165) is 5.56 Å². The summed E-state index contributed by atoms with van der Waals surface area (Å²) in [6.07, 6.45) is 4.80. The summed E-state index contributed by atoms with van der Waals surface area (Å²) in [5.41, 5.74) is 1.65. The standard InChI is InChI=1S/C15H18N2O3/c1-17-10-11(9-16-17)4-5-15(18)12-6-13(19-2)8-14(7-12)20-3/h6-10H,4-5H2,1-3H3. The SMILES string of the molecule is COc1cc(OC)cc(C(=O)CCc2cnn(C)c2)c1. The van der Waals surface area contributed by atoms with Crippen LogP contribution >= 0.6 is 0 Å². The Morgan fingerprint density at radius 2 is 1.85 bits per heavy atom. The number of nitrogens with zero attached hydrogens (tertiary/aromatic N) is 2. The second kappa shape index (κ2) is 6.23. The molecule has 1 aromatic carbocycles. The Morgan fingerprint density at radius 3 is 2.35 bits per heavy atom. The predicted molar refractivity (Wildman–Crippen MR) is 75.4 cm³/mol. The average molecular weight is 274 g/mol. The topological polar surface area (TPSA) is 53.4 Å². The summed E-state index contributed by atoms with van der Waals surface area (Å²) >= 11 is 0. The zero-order valence-corrected chi connectivity index (χ0v) is 11.9. The minimum atomic E-state index is 0.0612. The minimum absolute atomic E-state index is 0.0612. The molecule has 0 aliphatic heterocycles. The van der Waals surface area contributed by atoms with E-state index >= 15 is 0 Å². The van der Waals surface area contributed by atoms with Gasteiger partial charge in [-0.3, -0.25) is 9.48 Å². The van der Waals surface area contributed by atoms with Gasteiger partial charge in [0.05, 0.1) is 20.4 Å². The lowest BCUT2D eigenvalue weighted by Gasteiger charge is -2.07. The molecule has 1 heterocycles. The minimum Gasteiger partial charge on any atom is -0.497 e. The van der Waals surface area contributed by atoms with E-state index in [4.69, 9.17) is 9.47 Å². The number of aryl methyl sites for hydroxylation is 2. The Hall–Kier alpha value is -2.30. The highest BCUT2D eigenvalue weighted by molar-refractivity contribution is 5.97. The second-order valence-electron chi connectivity index (χ2n) is 4.55. The van der Waals surface area contributed by atoms with E-state index in [1.54, 1.807) is 43.3 Å². The third-order valence-corrected chi connectivity index (χ3v) is 3.07. The van der Waals surface area contributed by atoms with Gasteiger partial charge in [-0.1, -0.05) is 0 Å². The Kier molecular flexibility index (Phi) is 4.40. The van der Waals surface area contributed by atoms with Crippen LogP contribution in [-0.2, 0) is 13.5 Å². The van der Waals surface area contributed by atoms with Gasteiger partial charge in [-0.05, 0) is 24.1 Å². The molecular formula is C15H18N2O3. The molecule has 0 saturated heterocycles. The summed E-state index contributed by atoms with van der Waals surface area (Å²) < 4.78 is 12.1. The van der Waals surface area contributed by atoms with Crippen molar-refractivity contribution >= 4 is 5.78 Å². The first-order valence-corrected chi connectivity index (χ1v) is 6.36. The van der Waals surface area contributed by atoms with Gasteiger partial charge >= 0.3 is 0 Å². The molecule has 5 nitrogen and oxygen atoms in total. The molecule has 0 atom stereocenters. The highest BCUT2D eigenvalue weighted by Gasteiger charge is 2.10. The van der Waals surface area contributed by atoms with Crippen LogP contribution in [0.3, 0.4) is 0 Å². The van der Waals surface area contributed by atoms with Gasteiger partial charge in [-0.2, -0.15) is 5.10 Å². The van der Waals surface area contributed by atoms with E-state index in [2.05, 4.69) is 5.10 Å². The van der Waals surface area contributed by atoms with Crippen molar-refractivity contribution in [3.05, 3.63) is 41.7 Å². The molecule has 2 rings (SSSR count). The summed E-state index contributed by atoms with van der Waals surface area (Å²) in [4.78, 5) is 12.2. The van der Waals surface area contributed by atoms with Crippen molar-refractivity contribution < 1.29 is 14.3 Å². The highest BCUT2D eigenvalue weighted by Crippen LogP contribution is 2.23. The monoisotopic (exact) mass is 274 g/mol. The first-order valence-electron chi connectivity index (χ1n) is 6.36. The highest BCUT2D eigenvalue weighted by atomic mass is 16.5. The quantitative estimate of drug-likeness (QED) is 0.758. The van der Waals surface area contributed by atoms with E-state index in [9.17, 15) is 4.79 Å². The van der Waals surface area contributed by atoms with Crippen molar-refractivity contribution in [3.63, 3.8) is 0 Å². The Bertz CT molecular complexity index is 583. The third kappa shape index (κ3) is 3.38. The van der Waals surface area contributed by atoms with Gasteiger partial charge in [-0.15, -0.1) is 0 Å². The number of rotatable bonds is 6. The van der Waals surface area contributed by atoms with Crippen LogP contribution in [0, 0.1) is 0 Å². The first-order chi connectivity index (χ1) is 9.62. The van der Waals surface area contributed by atoms with Crippen molar-refractivity contribution in [2.24, 2.45) is 7.05 Å². The summed E-state index contributed by atoms with van der Waals surface area (Å²) in [5, 5.41) is 4.09. The second-order valence-corrected chi connectivity index (χ2v) is 4.55. The van der Waals surface area contributed by atoms with Gasteiger partial charge in [0.15, 0.2) is 5.78 Å². The predicted octanol–water partition coefficient (Wildman–Crippen LogP) is 2.25. The Balaban J connectivity index is 2.08. The maximum absolute atomic E-state index is 12.2. The fraction of sp³-hybridized carbons (Fsp3) is 0.333. The van der Waals surface area contributed by atoms with Crippen LogP contribution in [-0.4, -0.2) is 29.8 Å². The van der Waals surface area contributed by atoms with Gasteiger partial charge in [0, 0.05) is 31.3 Å². The van der Waals surface area contributed by atoms with Crippen molar-refractivity contribution in [1.29, 1.82) is 0 Å². The maximum Gasteiger partial charge on any atom is 0.163 e. The van der Waals surface area contributed by atoms with Crippen molar-refractivity contribution in [1.82, 2.24) is 9.78 Å². The molecule has 0 saturated carbocycles. The number of hydrogen-bond acceptors (Lipinski definition) is 4. The molecular weight excluding hydrogens is 256 g/mol. The lowest BCUT2D eigenvalue weighted by Crippen LogP contribution is -2.02. The number of carbonyl (C=O) groups excluding carboxylic acids is 1. The van der Waals surface area contributed by atoms with Crippen LogP contribution in [0.5, 0.6) is 11.5 Å². The van der Waals surface area contributed by atoms with Crippen LogP contribution in [0.2, 0.25) is 0 Å². The molecule has 2 aromatic rings. The molecule has 0 spiro atoms. The molecule has 5 heteroatoms. The van der Waals surface area contributed by atoms with Crippen molar-refractivity contribution in [2.45, 2.75) is 12.8 Å². The molecule has 0 aliphatic carbocycles. The summed E-state index contributed by atoms with van der Waals surface area (Å²) in [5.74, 6) is 1.30. The van der Waals surface area contributed by atoms with Gasteiger partial charge < -0.3 is 9.47 Å². The van der Waals surface area contributed by atoms with E-state index in [1.807, 2.05) is 13.2 Å². The molecule has 0 N–H and O–H groups in total. The first kappa shape index (κ1) is 14.1.